The lowest BCUT2D eigenvalue weighted by Gasteiger charge is -2.34. The smallest absolute Gasteiger partial charge is 0.304 e. The molecule has 0 amide bonds. The van der Waals surface area contributed by atoms with Gasteiger partial charge >= 0.3 is 5.97 Å². The molecule has 0 radical (unpaired) electrons. The van der Waals surface area contributed by atoms with Crippen LogP contribution in [-0.4, -0.2) is 22.0 Å². The van der Waals surface area contributed by atoms with Crippen molar-refractivity contribution >= 4 is 5.97 Å². The molecule has 0 aliphatic rings. The molecule has 0 aromatic heterocycles. The third-order valence-electron chi connectivity index (χ3n) is 4.02. The second-order valence-corrected chi connectivity index (χ2v) is 5.69. The van der Waals surface area contributed by atoms with Gasteiger partial charge in [0.1, 0.15) is 0 Å². The molecular formula is C19H23NO2. The van der Waals surface area contributed by atoms with Crippen molar-refractivity contribution in [2.24, 2.45) is 0 Å². The van der Waals surface area contributed by atoms with Gasteiger partial charge in [-0.15, -0.1) is 0 Å². The van der Waals surface area contributed by atoms with E-state index < -0.39 is 5.97 Å². The second-order valence-electron chi connectivity index (χ2n) is 5.69. The van der Waals surface area contributed by atoms with E-state index in [0.717, 1.165) is 6.54 Å². The number of carbonyl (C=O) groups is 1. The quantitative estimate of drug-likeness (QED) is 0.836. The highest BCUT2D eigenvalue weighted by molar-refractivity contribution is 5.67. The molecule has 1 N–H and O–H groups in total. The molecular weight excluding hydrogens is 274 g/mol. The first-order valence-electron chi connectivity index (χ1n) is 7.64. The molecule has 3 nitrogen and oxygen atoms in total. The van der Waals surface area contributed by atoms with E-state index in [9.17, 15) is 4.79 Å². The normalized spacial score (nSPS) is 13.8. The Morgan fingerprint density at radius 3 is 2.09 bits per heavy atom. The Kier molecular flexibility index (Phi) is 5.73. The van der Waals surface area contributed by atoms with E-state index in [4.69, 9.17) is 5.11 Å². The van der Waals surface area contributed by atoms with Crippen LogP contribution < -0.4 is 0 Å². The molecule has 2 aromatic rings. The molecule has 2 atom stereocenters. The molecule has 2 rings (SSSR count). The topological polar surface area (TPSA) is 40.5 Å². The molecule has 0 saturated carbocycles. The first-order valence-corrected chi connectivity index (χ1v) is 7.64. The first kappa shape index (κ1) is 16.2. The fourth-order valence-electron chi connectivity index (χ4n) is 2.76. The summed E-state index contributed by atoms with van der Waals surface area (Å²) in [6.45, 7) is 4.86. The van der Waals surface area contributed by atoms with Gasteiger partial charge in [0.15, 0.2) is 0 Å². The van der Waals surface area contributed by atoms with Crippen molar-refractivity contribution < 1.29 is 9.90 Å². The van der Waals surface area contributed by atoms with Crippen LogP contribution in [0.3, 0.4) is 0 Å². The lowest BCUT2D eigenvalue weighted by molar-refractivity contribution is -0.138. The predicted molar refractivity (Wildman–Crippen MR) is 88.6 cm³/mol. The minimum absolute atomic E-state index is 0.0343. The zero-order valence-corrected chi connectivity index (χ0v) is 13.1. The van der Waals surface area contributed by atoms with Crippen molar-refractivity contribution in [3.63, 3.8) is 0 Å². The number of carboxylic acids is 1. The van der Waals surface area contributed by atoms with Crippen molar-refractivity contribution in [3.05, 3.63) is 71.8 Å². The lowest BCUT2D eigenvalue weighted by atomic mass is 10.0. The average Bonchev–Trinajstić information content (AvgIpc) is 2.53. The number of rotatable bonds is 7. The van der Waals surface area contributed by atoms with E-state index in [2.05, 4.69) is 36.1 Å². The van der Waals surface area contributed by atoms with Gasteiger partial charge in [0.05, 0.1) is 6.42 Å². The van der Waals surface area contributed by atoms with Crippen LogP contribution in [0, 0.1) is 0 Å². The summed E-state index contributed by atoms with van der Waals surface area (Å²) in [5.41, 5.74) is 2.40. The Hall–Kier alpha value is -2.13. The average molecular weight is 297 g/mol. The van der Waals surface area contributed by atoms with Crippen LogP contribution in [0.1, 0.15) is 37.4 Å². The predicted octanol–water partition coefficient (Wildman–Crippen LogP) is 4.11. The molecule has 0 spiro atoms. The van der Waals surface area contributed by atoms with Gasteiger partial charge in [-0.25, -0.2) is 0 Å². The van der Waals surface area contributed by atoms with Crippen molar-refractivity contribution in [3.8, 4) is 0 Å². The molecule has 0 unspecified atom stereocenters. The van der Waals surface area contributed by atoms with E-state index in [0.29, 0.717) is 0 Å². The van der Waals surface area contributed by atoms with Crippen LogP contribution in [0.4, 0.5) is 0 Å². The monoisotopic (exact) mass is 297 g/mol. The zero-order chi connectivity index (χ0) is 15.9. The summed E-state index contributed by atoms with van der Waals surface area (Å²) in [5, 5.41) is 9.12. The molecule has 0 aliphatic carbocycles. The third-order valence-corrected chi connectivity index (χ3v) is 4.02. The van der Waals surface area contributed by atoms with Gasteiger partial charge in [-0.2, -0.15) is 0 Å². The van der Waals surface area contributed by atoms with Gasteiger partial charge in [0.25, 0.3) is 0 Å². The number of aliphatic carboxylic acids is 1. The maximum atomic E-state index is 11.1. The van der Waals surface area contributed by atoms with Crippen LogP contribution >= 0.6 is 0 Å². The number of carboxylic acid groups (broad SMARTS) is 1. The van der Waals surface area contributed by atoms with Gasteiger partial charge in [0.2, 0.25) is 0 Å². The van der Waals surface area contributed by atoms with Crippen molar-refractivity contribution in [2.75, 3.05) is 0 Å². The van der Waals surface area contributed by atoms with E-state index in [1.165, 1.54) is 11.1 Å². The standard InChI is InChI=1S/C19H23NO2/c1-15(13-19(21)22)20(14-17-9-5-3-6-10-17)16(2)18-11-7-4-8-12-18/h3-12,15-16H,13-14H2,1-2H3,(H,21,22)/t15-,16-/m0/s1. The number of hydrogen-bond acceptors (Lipinski definition) is 2. The van der Waals surface area contributed by atoms with Crippen LogP contribution in [-0.2, 0) is 11.3 Å². The van der Waals surface area contributed by atoms with Gasteiger partial charge in [-0.1, -0.05) is 60.7 Å². The lowest BCUT2D eigenvalue weighted by Crippen LogP contribution is -2.36. The summed E-state index contributed by atoms with van der Waals surface area (Å²) in [6.07, 6.45) is 0.143. The molecule has 2 aromatic carbocycles. The van der Waals surface area contributed by atoms with Gasteiger partial charge < -0.3 is 5.11 Å². The Balaban J connectivity index is 2.22. The van der Waals surface area contributed by atoms with Crippen molar-refractivity contribution in [1.82, 2.24) is 4.90 Å². The van der Waals surface area contributed by atoms with Gasteiger partial charge in [-0.3, -0.25) is 9.69 Å². The maximum Gasteiger partial charge on any atom is 0.304 e. The summed E-state index contributed by atoms with van der Waals surface area (Å²) in [4.78, 5) is 13.3. The van der Waals surface area contributed by atoms with Gasteiger partial charge in [-0.05, 0) is 25.0 Å². The SMILES string of the molecule is C[C@@H](CC(=O)O)N(Cc1ccccc1)[C@@H](C)c1ccccc1. The summed E-state index contributed by atoms with van der Waals surface area (Å²) in [7, 11) is 0. The highest BCUT2D eigenvalue weighted by Gasteiger charge is 2.23. The summed E-state index contributed by atoms with van der Waals surface area (Å²) < 4.78 is 0. The summed E-state index contributed by atoms with van der Waals surface area (Å²) in [5.74, 6) is -0.758. The summed E-state index contributed by atoms with van der Waals surface area (Å²) >= 11 is 0. The van der Waals surface area contributed by atoms with Crippen molar-refractivity contribution in [1.29, 1.82) is 0 Å². The van der Waals surface area contributed by atoms with E-state index in [1.54, 1.807) is 0 Å². The van der Waals surface area contributed by atoms with Gasteiger partial charge in [0, 0.05) is 18.6 Å². The Morgan fingerprint density at radius 1 is 1.00 bits per heavy atom. The minimum atomic E-state index is -0.758. The molecule has 0 bridgehead atoms. The second kappa shape index (κ2) is 7.76. The molecule has 0 aliphatic heterocycles. The third kappa shape index (κ3) is 4.43. The van der Waals surface area contributed by atoms with Crippen LogP contribution in [0.5, 0.6) is 0 Å². The number of hydrogen-bond donors (Lipinski definition) is 1. The maximum absolute atomic E-state index is 11.1. The van der Waals surface area contributed by atoms with E-state index >= 15 is 0 Å². The highest BCUT2D eigenvalue weighted by Crippen LogP contribution is 2.25. The molecule has 0 heterocycles. The molecule has 116 valence electrons. The largest absolute Gasteiger partial charge is 0.481 e. The molecule has 3 heteroatoms. The minimum Gasteiger partial charge on any atom is -0.481 e. The Labute approximate surface area is 132 Å². The fraction of sp³-hybridized carbons (Fsp3) is 0.316. The fourth-order valence-corrected chi connectivity index (χ4v) is 2.76. The van der Waals surface area contributed by atoms with E-state index in [1.807, 2.05) is 43.3 Å². The number of benzene rings is 2. The van der Waals surface area contributed by atoms with E-state index in [-0.39, 0.29) is 18.5 Å². The van der Waals surface area contributed by atoms with Crippen LogP contribution in [0.2, 0.25) is 0 Å². The first-order chi connectivity index (χ1) is 10.6. The van der Waals surface area contributed by atoms with Crippen molar-refractivity contribution in [2.45, 2.75) is 38.9 Å². The zero-order valence-electron chi connectivity index (χ0n) is 13.1. The Bertz CT molecular complexity index is 583. The van der Waals surface area contributed by atoms with Crippen LogP contribution in [0.15, 0.2) is 60.7 Å². The highest BCUT2D eigenvalue weighted by atomic mass is 16.4. The number of nitrogens with zero attached hydrogens (tertiary/aromatic N) is 1. The molecule has 0 fully saturated rings. The molecule has 22 heavy (non-hydrogen) atoms. The van der Waals surface area contributed by atoms with Crippen LogP contribution in [0.25, 0.3) is 0 Å². The Morgan fingerprint density at radius 2 is 1.55 bits per heavy atom. The summed E-state index contributed by atoms with van der Waals surface area (Å²) in [6, 6.07) is 20.5. The molecule has 0 saturated heterocycles.